The van der Waals surface area contributed by atoms with Gasteiger partial charge in [0, 0.05) is 62.1 Å². The highest BCUT2D eigenvalue weighted by Gasteiger charge is 2.36. The van der Waals surface area contributed by atoms with Crippen LogP contribution in [-0.2, 0) is 13.2 Å². The van der Waals surface area contributed by atoms with Crippen molar-refractivity contribution in [3.05, 3.63) is 70.6 Å². The number of aryl methyl sites for hydroxylation is 1. The van der Waals surface area contributed by atoms with Gasteiger partial charge in [-0.3, -0.25) is 4.79 Å². The maximum Gasteiger partial charge on any atom is 0.418 e. The number of ether oxygens (including phenoxy) is 1. The van der Waals surface area contributed by atoms with Crippen molar-refractivity contribution < 1.29 is 17.9 Å². The fourth-order valence-electron chi connectivity index (χ4n) is 5.05. The van der Waals surface area contributed by atoms with Crippen LogP contribution in [0, 0.1) is 0 Å². The number of fused-ring (bicyclic) bond motifs is 3. The standard InChI is InChI=1S/C27H24F3N7O2/c1-35-21-6-3-16(17-4-8-23(39-2)32-15-17)13-19(21)25-24(26(35)38)33-34-37(25)18-5-7-22(20(14-18)27(28,29)30)36-11-9-31-10-12-36/h3-8,13-15,31H,9-12H2,1-2H3. The SMILES string of the molecule is COc1ccc(-c2ccc3c(c2)c2c(nnn2-c2ccc(N4CCNCC4)c(C(F)(F)F)c2)c(=O)n3C)cn1. The van der Waals surface area contributed by atoms with Crippen molar-refractivity contribution >= 4 is 27.6 Å². The molecular weight excluding hydrogens is 511 g/mol. The summed E-state index contributed by atoms with van der Waals surface area (Å²) in [6.45, 7) is 2.15. The Kier molecular flexibility index (Phi) is 5.98. The van der Waals surface area contributed by atoms with Crippen molar-refractivity contribution in [3.63, 3.8) is 0 Å². The molecule has 0 aliphatic carbocycles. The van der Waals surface area contributed by atoms with Crippen LogP contribution in [0.2, 0.25) is 0 Å². The van der Waals surface area contributed by atoms with Crippen LogP contribution in [0.3, 0.4) is 0 Å². The van der Waals surface area contributed by atoms with Crippen molar-refractivity contribution in [2.75, 3.05) is 38.2 Å². The van der Waals surface area contributed by atoms with Crippen LogP contribution in [-0.4, -0.2) is 57.8 Å². The fraction of sp³-hybridized carbons (Fsp3) is 0.259. The van der Waals surface area contributed by atoms with E-state index in [1.807, 2.05) is 18.2 Å². The maximum absolute atomic E-state index is 14.2. The van der Waals surface area contributed by atoms with Crippen LogP contribution < -0.4 is 20.5 Å². The topological polar surface area (TPSA) is 90.1 Å². The van der Waals surface area contributed by atoms with Gasteiger partial charge in [0.15, 0.2) is 5.52 Å². The van der Waals surface area contributed by atoms with E-state index in [1.165, 1.54) is 22.4 Å². The first-order valence-corrected chi connectivity index (χ1v) is 12.3. The summed E-state index contributed by atoms with van der Waals surface area (Å²) in [5.74, 6) is 0.469. The van der Waals surface area contributed by atoms with E-state index in [0.29, 0.717) is 48.5 Å². The molecule has 39 heavy (non-hydrogen) atoms. The first-order chi connectivity index (χ1) is 18.8. The largest absolute Gasteiger partial charge is 0.481 e. The highest BCUT2D eigenvalue weighted by atomic mass is 19.4. The molecular formula is C27H24F3N7O2. The first-order valence-electron chi connectivity index (χ1n) is 12.3. The number of methoxy groups -OCH3 is 1. The third-order valence-electron chi connectivity index (χ3n) is 7.06. The van der Waals surface area contributed by atoms with Gasteiger partial charge in [0.05, 0.1) is 23.9 Å². The predicted molar refractivity (Wildman–Crippen MR) is 141 cm³/mol. The van der Waals surface area contributed by atoms with E-state index in [4.69, 9.17) is 4.74 Å². The molecule has 2 aromatic carbocycles. The van der Waals surface area contributed by atoms with E-state index >= 15 is 0 Å². The predicted octanol–water partition coefficient (Wildman–Crippen LogP) is 3.77. The Hall–Kier alpha value is -4.45. The van der Waals surface area contributed by atoms with Gasteiger partial charge in [0.1, 0.15) is 5.52 Å². The molecule has 1 saturated heterocycles. The van der Waals surface area contributed by atoms with Gasteiger partial charge in [-0.2, -0.15) is 13.2 Å². The lowest BCUT2D eigenvalue weighted by atomic mass is 10.0. The molecule has 0 saturated carbocycles. The van der Waals surface area contributed by atoms with Gasteiger partial charge in [-0.15, -0.1) is 5.10 Å². The fourth-order valence-corrected chi connectivity index (χ4v) is 5.05. The number of halogens is 3. The summed E-state index contributed by atoms with van der Waals surface area (Å²) < 4.78 is 50.7. The second-order valence-corrected chi connectivity index (χ2v) is 9.32. The molecule has 200 valence electrons. The molecule has 1 N–H and O–H groups in total. The zero-order valence-electron chi connectivity index (χ0n) is 21.2. The molecule has 12 heteroatoms. The minimum atomic E-state index is -4.58. The Morgan fingerprint density at radius 3 is 2.46 bits per heavy atom. The summed E-state index contributed by atoms with van der Waals surface area (Å²) >= 11 is 0. The summed E-state index contributed by atoms with van der Waals surface area (Å²) in [5, 5.41) is 12.0. The molecule has 0 spiro atoms. The van der Waals surface area contributed by atoms with E-state index in [9.17, 15) is 18.0 Å². The first kappa shape index (κ1) is 24.9. The van der Waals surface area contributed by atoms with E-state index in [-0.39, 0.29) is 16.9 Å². The smallest absolute Gasteiger partial charge is 0.418 e. The Balaban J connectivity index is 1.57. The lowest BCUT2D eigenvalue weighted by molar-refractivity contribution is -0.137. The van der Waals surface area contributed by atoms with Gasteiger partial charge in [0.25, 0.3) is 5.56 Å². The zero-order valence-corrected chi connectivity index (χ0v) is 21.2. The molecule has 0 amide bonds. The van der Waals surface area contributed by atoms with Gasteiger partial charge in [-0.1, -0.05) is 11.3 Å². The van der Waals surface area contributed by atoms with Crippen LogP contribution in [0.15, 0.2) is 59.5 Å². The minimum absolute atomic E-state index is 0.0646. The summed E-state index contributed by atoms with van der Waals surface area (Å²) in [7, 11) is 3.16. The average Bonchev–Trinajstić information content (AvgIpc) is 3.41. The second kappa shape index (κ2) is 9.38. The van der Waals surface area contributed by atoms with E-state index < -0.39 is 17.3 Å². The van der Waals surface area contributed by atoms with Gasteiger partial charge in [0.2, 0.25) is 5.88 Å². The van der Waals surface area contributed by atoms with E-state index in [0.717, 1.165) is 17.2 Å². The molecule has 1 aliphatic heterocycles. The number of hydrogen-bond acceptors (Lipinski definition) is 7. The van der Waals surface area contributed by atoms with Crippen LogP contribution >= 0.6 is 0 Å². The number of anilines is 1. The number of aromatic nitrogens is 5. The number of hydrogen-bond donors (Lipinski definition) is 1. The minimum Gasteiger partial charge on any atom is -0.481 e. The lowest BCUT2D eigenvalue weighted by Crippen LogP contribution is -2.44. The summed E-state index contributed by atoms with van der Waals surface area (Å²) in [6, 6.07) is 13.2. The van der Waals surface area contributed by atoms with E-state index in [2.05, 4.69) is 20.6 Å². The van der Waals surface area contributed by atoms with Gasteiger partial charge in [-0.25, -0.2) is 9.67 Å². The van der Waals surface area contributed by atoms with Crippen LogP contribution in [0.4, 0.5) is 18.9 Å². The number of nitrogens with one attached hydrogen (secondary N) is 1. The Morgan fingerprint density at radius 1 is 1.00 bits per heavy atom. The Morgan fingerprint density at radius 2 is 1.77 bits per heavy atom. The summed E-state index contributed by atoms with van der Waals surface area (Å²) in [4.78, 5) is 19.1. The molecule has 6 rings (SSSR count). The van der Waals surface area contributed by atoms with Crippen LogP contribution in [0.5, 0.6) is 5.88 Å². The third kappa shape index (κ3) is 4.26. The molecule has 0 bridgehead atoms. The number of alkyl halides is 3. The quantitative estimate of drug-likeness (QED) is 0.375. The maximum atomic E-state index is 14.2. The molecule has 1 aliphatic rings. The zero-order chi connectivity index (χ0) is 27.3. The van der Waals surface area contributed by atoms with Crippen molar-refractivity contribution in [2.24, 2.45) is 7.05 Å². The van der Waals surface area contributed by atoms with Crippen molar-refractivity contribution in [1.82, 2.24) is 29.9 Å². The molecule has 5 aromatic rings. The average molecular weight is 536 g/mol. The van der Waals surface area contributed by atoms with Crippen LogP contribution in [0.25, 0.3) is 38.8 Å². The number of piperazine rings is 1. The van der Waals surface area contributed by atoms with E-state index in [1.54, 1.807) is 36.3 Å². The van der Waals surface area contributed by atoms with Crippen molar-refractivity contribution in [2.45, 2.75) is 6.18 Å². The summed E-state index contributed by atoms with van der Waals surface area (Å²) in [6.07, 6.45) is -2.92. The molecule has 0 radical (unpaired) electrons. The van der Waals surface area contributed by atoms with Crippen molar-refractivity contribution in [3.8, 4) is 22.7 Å². The number of rotatable bonds is 4. The lowest BCUT2D eigenvalue weighted by Gasteiger charge is -2.31. The molecule has 9 nitrogen and oxygen atoms in total. The number of nitrogens with zero attached hydrogens (tertiary/aromatic N) is 6. The van der Waals surface area contributed by atoms with Crippen molar-refractivity contribution in [1.29, 1.82) is 0 Å². The highest BCUT2D eigenvalue weighted by molar-refractivity contribution is 6.04. The molecule has 0 atom stereocenters. The van der Waals surface area contributed by atoms with Gasteiger partial charge in [-0.05, 0) is 42.0 Å². The monoisotopic (exact) mass is 535 g/mol. The highest BCUT2D eigenvalue weighted by Crippen LogP contribution is 2.39. The Bertz CT molecular complexity index is 1750. The molecule has 0 unspecified atom stereocenters. The Labute approximate surface area is 220 Å². The van der Waals surface area contributed by atoms with Gasteiger partial charge < -0.3 is 19.5 Å². The second-order valence-electron chi connectivity index (χ2n) is 9.32. The normalized spacial score (nSPS) is 14.3. The van der Waals surface area contributed by atoms with Crippen LogP contribution in [0.1, 0.15) is 5.56 Å². The molecule has 3 aromatic heterocycles. The van der Waals surface area contributed by atoms with Gasteiger partial charge >= 0.3 is 6.18 Å². The molecule has 4 heterocycles. The molecule has 1 fully saturated rings. The number of benzene rings is 2. The number of pyridine rings is 2. The summed E-state index contributed by atoms with van der Waals surface area (Å²) in [5.41, 5.74) is 1.72. The third-order valence-corrected chi connectivity index (χ3v) is 7.06.